The summed E-state index contributed by atoms with van der Waals surface area (Å²) in [5, 5.41) is 13.9. The quantitative estimate of drug-likeness (QED) is 0.661. The number of hydrogen-bond acceptors (Lipinski definition) is 3. The second kappa shape index (κ2) is 5.95. The van der Waals surface area contributed by atoms with Crippen molar-refractivity contribution in [3.63, 3.8) is 0 Å². The Balaban J connectivity index is 1.78. The first kappa shape index (κ1) is 16.0. The molecule has 1 aromatic rings. The minimum absolute atomic E-state index is 0.0881. The molecule has 2 fully saturated rings. The van der Waals surface area contributed by atoms with Gasteiger partial charge in [0, 0.05) is 17.3 Å². The van der Waals surface area contributed by atoms with Gasteiger partial charge in [-0.15, -0.1) is 0 Å². The lowest BCUT2D eigenvalue weighted by atomic mass is 9.59. The maximum Gasteiger partial charge on any atom is 0.272 e. The number of carbonyl (C=O) groups excluding carboxylic acids is 1. The third-order valence-corrected chi connectivity index (χ3v) is 5.56. The van der Waals surface area contributed by atoms with Crippen LogP contribution in [0, 0.1) is 34.3 Å². The second-order valence-electron chi connectivity index (χ2n) is 7.50. The predicted octanol–water partition coefficient (Wildman–Crippen LogP) is 4.45. The van der Waals surface area contributed by atoms with E-state index in [0.29, 0.717) is 23.1 Å². The van der Waals surface area contributed by atoms with Crippen molar-refractivity contribution >= 4 is 17.3 Å². The number of nitro groups is 1. The van der Waals surface area contributed by atoms with E-state index < -0.39 is 4.92 Å². The average Bonchev–Trinajstić information content (AvgIpc) is 2.46. The molecule has 2 aliphatic rings. The first-order valence-electron chi connectivity index (χ1n) is 8.46. The topological polar surface area (TPSA) is 72.2 Å². The molecule has 23 heavy (non-hydrogen) atoms. The molecule has 0 heterocycles. The standard InChI is InChI=1S/C18H24N2O3/c1-12-8-14-4-3-7-18(10-12,11-14)17(21)19-15-5-6-16(20(22)23)13(2)9-15/h5-6,9,12,14H,3-4,7-8,10-11H2,1-2H3,(H,19,21). The molecule has 3 unspecified atom stereocenters. The fourth-order valence-electron chi connectivity index (χ4n) is 4.69. The molecule has 1 aromatic carbocycles. The molecule has 124 valence electrons. The van der Waals surface area contributed by atoms with Gasteiger partial charge in [0.1, 0.15) is 0 Å². The van der Waals surface area contributed by atoms with E-state index in [9.17, 15) is 14.9 Å². The predicted molar refractivity (Wildman–Crippen MR) is 89.3 cm³/mol. The summed E-state index contributed by atoms with van der Waals surface area (Å²) in [5.41, 5.74) is 1.08. The number of nitrogens with one attached hydrogen (secondary N) is 1. The van der Waals surface area contributed by atoms with E-state index in [0.717, 1.165) is 25.7 Å². The zero-order valence-electron chi connectivity index (χ0n) is 13.8. The van der Waals surface area contributed by atoms with Gasteiger partial charge in [0.15, 0.2) is 0 Å². The molecule has 2 bridgehead atoms. The van der Waals surface area contributed by atoms with Gasteiger partial charge < -0.3 is 5.32 Å². The van der Waals surface area contributed by atoms with Crippen LogP contribution in [0.4, 0.5) is 11.4 Å². The highest BCUT2D eigenvalue weighted by Gasteiger charge is 2.46. The summed E-state index contributed by atoms with van der Waals surface area (Å²) in [5.74, 6) is 1.37. The Morgan fingerprint density at radius 3 is 2.87 bits per heavy atom. The van der Waals surface area contributed by atoms with Gasteiger partial charge in [-0.05, 0) is 56.6 Å². The fourth-order valence-corrected chi connectivity index (χ4v) is 4.69. The third-order valence-electron chi connectivity index (χ3n) is 5.56. The van der Waals surface area contributed by atoms with Crippen molar-refractivity contribution in [1.82, 2.24) is 0 Å². The highest BCUT2D eigenvalue weighted by molar-refractivity contribution is 5.95. The molecule has 5 heteroatoms. The van der Waals surface area contributed by atoms with Gasteiger partial charge >= 0.3 is 0 Å². The summed E-state index contributed by atoms with van der Waals surface area (Å²) in [4.78, 5) is 23.4. The Labute approximate surface area is 136 Å². The van der Waals surface area contributed by atoms with Gasteiger partial charge in [-0.25, -0.2) is 0 Å². The van der Waals surface area contributed by atoms with E-state index in [4.69, 9.17) is 0 Å². The van der Waals surface area contributed by atoms with E-state index in [1.54, 1.807) is 19.1 Å². The molecule has 5 nitrogen and oxygen atoms in total. The Hall–Kier alpha value is -1.91. The Kier molecular flexibility index (Phi) is 4.13. The van der Waals surface area contributed by atoms with Crippen molar-refractivity contribution in [2.24, 2.45) is 17.3 Å². The Bertz CT molecular complexity index is 639. The third kappa shape index (κ3) is 3.09. The summed E-state index contributed by atoms with van der Waals surface area (Å²) in [6, 6.07) is 4.79. The van der Waals surface area contributed by atoms with Crippen LogP contribution in [0.15, 0.2) is 18.2 Å². The van der Waals surface area contributed by atoms with Gasteiger partial charge in [0.25, 0.3) is 5.69 Å². The van der Waals surface area contributed by atoms with Gasteiger partial charge in [0.05, 0.1) is 10.3 Å². The van der Waals surface area contributed by atoms with Crippen molar-refractivity contribution in [3.8, 4) is 0 Å². The second-order valence-corrected chi connectivity index (χ2v) is 7.50. The van der Waals surface area contributed by atoms with Crippen LogP contribution in [0.2, 0.25) is 0 Å². The highest BCUT2D eigenvalue weighted by atomic mass is 16.6. The molecule has 0 spiro atoms. The molecule has 2 aliphatic carbocycles. The lowest BCUT2D eigenvalue weighted by Crippen LogP contribution is -2.45. The van der Waals surface area contributed by atoms with Crippen LogP contribution < -0.4 is 5.32 Å². The van der Waals surface area contributed by atoms with Crippen LogP contribution in [0.5, 0.6) is 0 Å². The van der Waals surface area contributed by atoms with Crippen LogP contribution in [0.25, 0.3) is 0 Å². The molecule has 0 aliphatic heterocycles. The van der Waals surface area contributed by atoms with Crippen LogP contribution in [-0.4, -0.2) is 10.8 Å². The van der Waals surface area contributed by atoms with Crippen molar-refractivity contribution in [3.05, 3.63) is 33.9 Å². The van der Waals surface area contributed by atoms with E-state index in [2.05, 4.69) is 12.2 Å². The van der Waals surface area contributed by atoms with Crippen LogP contribution in [0.3, 0.4) is 0 Å². The minimum Gasteiger partial charge on any atom is -0.326 e. The molecule has 1 N–H and O–H groups in total. The van der Waals surface area contributed by atoms with E-state index in [1.807, 2.05) is 0 Å². The van der Waals surface area contributed by atoms with Crippen LogP contribution in [-0.2, 0) is 4.79 Å². The van der Waals surface area contributed by atoms with Crippen molar-refractivity contribution in [1.29, 1.82) is 0 Å². The van der Waals surface area contributed by atoms with Crippen molar-refractivity contribution in [2.75, 3.05) is 5.32 Å². The minimum atomic E-state index is -0.395. The molecule has 3 atom stereocenters. The summed E-state index contributed by atoms with van der Waals surface area (Å²) in [6.45, 7) is 3.95. The first-order chi connectivity index (χ1) is 10.9. The number of nitro benzene ring substituents is 1. The molecule has 2 saturated carbocycles. The average molecular weight is 316 g/mol. The van der Waals surface area contributed by atoms with Gasteiger partial charge in [-0.1, -0.05) is 19.8 Å². The molecule has 0 radical (unpaired) electrons. The van der Waals surface area contributed by atoms with Gasteiger partial charge in [-0.3, -0.25) is 14.9 Å². The number of carbonyl (C=O) groups is 1. The molecule has 0 saturated heterocycles. The van der Waals surface area contributed by atoms with E-state index >= 15 is 0 Å². The molecule has 0 aromatic heterocycles. The zero-order valence-corrected chi connectivity index (χ0v) is 13.8. The van der Waals surface area contributed by atoms with Gasteiger partial charge in [0.2, 0.25) is 5.91 Å². The van der Waals surface area contributed by atoms with E-state index in [-0.39, 0.29) is 17.0 Å². The van der Waals surface area contributed by atoms with E-state index in [1.165, 1.54) is 18.9 Å². The zero-order chi connectivity index (χ0) is 16.6. The molecule has 1 amide bonds. The summed E-state index contributed by atoms with van der Waals surface area (Å²) in [6.07, 6.45) is 6.54. The smallest absolute Gasteiger partial charge is 0.272 e. The number of anilines is 1. The summed E-state index contributed by atoms with van der Waals surface area (Å²) >= 11 is 0. The SMILES string of the molecule is Cc1cc(NC(=O)C23CCCC(CC(C)C2)C3)ccc1[N+](=O)[O-]. The van der Waals surface area contributed by atoms with Crippen molar-refractivity contribution < 1.29 is 9.72 Å². The highest BCUT2D eigenvalue weighted by Crippen LogP contribution is 2.51. The fraction of sp³-hybridized carbons (Fsp3) is 0.611. The van der Waals surface area contributed by atoms with Crippen molar-refractivity contribution in [2.45, 2.75) is 52.4 Å². The van der Waals surface area contributed by atoms with Crippen LogP contribution in [0.1, 0.15) is 51.0 Å². The molecular weight excluding hydrogens is 292 g/mol. The summed E-state index contributed by atoms with van der Waals surface area (Å²) in [7, 11) is 0. The lowest BCUT2D eigenvalue weighted by Gasteiger charge is -2.46. The Morgan fingerprint density at radius 1 is 1.39 bits per heavy atom. The number of fused-ring (bicyclic) bond motifs is 2. The van der Waals surface area contributed by atoms with Gasteiger partial charge in [-0.2, -0.15) is 0 Å². The molecular formula is C18H24N2O3. The molecule has 3 rings (SSSR count). The monoisotopic (exact) mass is 316 g/mol. The Morgan fingerprint density at radius 2 is 2.17 bits per heavy atom. The number of hydrogen-bond donors (Lipinski definition) is 1. The maximum absolute atomic E-state index is 12.9. The maximum atomic E-state index is 12.9. The first-order valence-corrected chi connectivity index (χ1v) is 8.46. The number of rotatable bonds is 3. The number of aryl methyl sites for hydroxylation is 1. The van der Waals surface area contributed by atoms with Crippen LogP contribution >= 0.6 is 0 Å². The largest absolute Gasteiger partial charge is 0.326 e. The number of amides is 1. The number of benzene rings is 1. The summed E-state index contributed by atoms with van der Waals surface area (Å²) < 4.78 is 0. The number of nitrogens with zero attached hydrogens (tertiary/aromatic N) is 1. The normalized spacial score (nSPS) is 29.8. The lowest BCUT2D eigenvalue weighted by molar-refractivity contribution is -0.385.